The molecule has 2 aromatic rings. The molecule has 0 aliphatic carbocycles. The summed E-state index contributed by atoms with van der Waals surface area (Å²) in [4.78, 5) is 55.9. The zero-order valence-corrected chi connectivity index (χ0v) is 14.5. The van der Waals surface area contributed by atoms with Crippen LogP contribution in [0.5, 0.6) is 0 Å². The molecule has 0 saturated carbocycles. The third kappa shape index (κ3) is 5.80. The average molecular weight is 385 g/mol. The number of Topliss-reactive ketones (excluding diaryl/α,β-unsaturated/α-hetero) is 2. The topological polar surface area (TPSA) is 150 Å². The number of carbonyl (C=O) groups is 3. The van der Waals surface area contributed by atoms with Crippen molar-refractivity contribution in [1.29, 1.82) is 0 Å². The molecule has 0 radical (unpaired) electrons. The van der Waals surface area contributed by atoms with Crippen LogP contribution in [0.15, 0.2) is 48.5 Å². The standard InChI is InChI=1S/C18H15N3O7/c22-16(11-17(23)12-4-6-14(7-5-12)20(25)26)8-9-18(24)19-13-2-1-3-15(10-13)21(27)28/h1-7,10H,8-9,11H2,(H,19,24). The van der Waals surface area contributed by atoms with Gasteiger partial charge in [0.25, 0.3) is 11.4 Å². The SMILES string of the molecule is O=C(CCC(=O)Nc1cccc([N+](=O)[O-])c1)CC(=O)c1ccc([N+](=O)[O-])cc1. The molecule has 0 aliphatic rings. The Hall–Kier alpha value is -3.95. The number of non-ortho nitro benzene ring substituents is 2. The maximum absolute atomic E-state index is 12.0. The Morgan fingerprint density at radius 3 is 2.11 bits per heavy atom. The number of nitrogens with zero attached hydrogens (tertiary/aromatic N) is 2. The smallest absolute Gasteiger partial charge is 0.271 e. The van der Waals surface area contributed by atoms with Crippen LogP contribution in [0.4, 0.5) is 17.1 Å². The number of hydrogen-bond donors (Lipinski definition) is 1. The average Bonchev–Trinajstić information content (AvgIpc) is 2.66. The number of hydrogen-bond acceptors (Lipinski definition) is 7. The fourth-order valence-electron chi connectivity index (χ4n) is 2.31. The lowest BCUT2D eigenvalue weighted by atomic mass is 10.0. The molecule has 10 nitrogen and oxygen atoms in total. The second-order valence-electron chi connectivity index (χ2n) is 5.80. The number of rotatable bonds is 9. The van der Waals surface area contributed by atoms with E-state index in [1.165, 1.54) is 48.5 Å². The Kier molecular flexibility index (Phi) is 6.63. The Labute approximate surface area is 158 Å². The minimum absolute atomic E-state index is 0.166. The summed E-state index contributed by atoms with van der Waals surface area (Å²) in [5.74, 6) is -1.48. The molecule has 144 valence electrons. The zero-order valence-electron chi connectivity index (χ0n) is 14.5. The molecule has 28 heavy (non-hydrogen) atoms. The quantitative estimate of drug-likeness (QED) is 0.301. The molecule has 0 unspecified atom stereocenters. The van der Waals surface area contributed by atoms with Crippen molar-refractivity contribution in [3.8, 4) is 0 Å². The fourth-order valence-corrected chi connectivity index (χ4v) is 2.31. The monoisotopic (exact) mass is 385 g/mol. The molecule has 2 aromatic carbocycles. The highest BCUT2D eigenvalue weighted by atomic mass is 16.6. The van der Waals surface area contributed by atoms with E-state index < -0.39 is 33.7 Å². The second-order valence-corrected chi connectivity index (χ2v) is 5.80. The number of benzene rings is 2. The summed E-state index contributed by atoms with van der Waals surface area (Å²) in [5.41, 5.74) is 0.0527. The van der Waals surface area contributed by atoms with Gasteiger partial charge in [0, 0.05) is 48.4 Å². The second kappa shape index (κ2) is 9.12. The van der Waals surface area contributed by atoms with E-state index in [4.69, 9.17) is 0 Å². The van der Waals surface area contributed by atoms with Gasteiger partial charge in [-0.05, 0) is 18.2 Å². The van der Waals surface area contributed by atoms with Crippen LogP contribution in [-0.4, -0.2) is 27.3 Å². The number of carbonyl (C=O) groups excluding carboxylic acids is 3. The van der Waals surface area contributed by atoms with Crippen LogP contribution < -0.4 is 5.32 Å². The van der Waals surface area contributed by atoms with Crippen LogP contribution in [0.1, 0.15) is 29.6 Å². The van der Waals surface area contributed by atoms with Gasteiger partial charge in [-0.1, -0.05) is 6.07 Å². The van der Waals surface area contributed by atoms with Gasteiger partial charge >= 0.3 is 0 Å². The van der Waals surface area contributed by atoms with Crippen molar-refractivity contribution in [2.45, 2.75) is 19.3 Å². The Balaban J connectivity index is 1.83. The Morgan fingerprint density at radius 2 is 1.50 bits per heavy atom. The molecule has 0 fully saturated rings. The summed E-state index contributed by atoms with van der Waals surface area (Å²) in [6.45, 7) is 0. The van der Waals surface area contributed by atoms with Crippen LogP contribution in [-0.2, 0) is 9.59 Å². The van der Waals surface area contributed by atoms with Gasteiger partial charge in [0.2, 0.25) is 5.91 Å². The molecule has 0 heterocycles. The Morgan fingerprint density at radius 1 is 0.857 bits per heavy atom. The maximum Gasteiger partial charge on any atom is 0.271 e. The third-order valence-corrected chi connectivity index (χ3v) is 3.73. The minimum Gasteiger partial charge on any atom is -0.326 e. The van der Waals surface area contributed by atoms with Crippen molar-refractivity contribution in [3.63, 3.8) is 0 Å². The molecule has 10 heteroatoms. The number of nitro groups is 2. The van der Waals surface area contributed by atoms with Crippen LogP contribution in [0.2, 0.25) is 0 Å². The first-order chi connectivity index (χ1) is 13.3. The van der Waals surface area contributed by atoms with Crippen LogP contribution >= 0.6 is 0 Å². The number of amides is 1. The van der Waals surface area contributed by atoms with Gasteiger partial charge in [0.15, 0.2) is 5.78 Å². The minimum atomic E-state index is -0.598. The summed E-state index contributed by atoms with van der Waals surface area (Å²) in [6, 6.07) is 10.2. The van der Waals surface area contributed by atoms with Crippen molar-refractivity contribution in [2.75, 3.05) is 5.32 Å². The molecule has 0 spiro atoms. The first kappa shape index (κ1) is 20.4. The van der Waals surface area contributed by atoms with Crippen molar-refractivity contribution >= 4 is 34.5 Å². The predicted molar refractivity (Wildman–Crippen MR) is 98.0 cm³/mol. The highest BCUT2D eigenvalue weighted by Crippen LogP contribution is 2.17. The fraction of sp³-hybridized carbons (Fsp3) is 0.167. The summed E-state index contributed by atoms with van der Waals surface area (Å²) >= 11 is 0. The number of ketones is 2. The summed E-state index contributed by atoms with van der Waals surface area (Å²) < 4.78 is 0. The Bertz CT molecular complexity index is 938. The van der Waals surface area contributed by atoms with Gasteiger partial charge in [-0.2, -0.15) is 0 Å². The molecule has 0 aliphatic heterocycles. The first-order valence-electron chi connectivity index (χ1n) is 8.10. The van der Waals surface area contributed by atoms with Crippen LogP contribution in [0.3, 0.4) is 0 Å². The summed E-state index contributed by atoms with van der Waals surface area (Å²) in [5, 5.41) is 23.7. The van der Waals surface area contributed by atoms with Gasteiger partial charge in [-0.15, -0.1) is 0 Å². The van der Waals surface area contributed by atoms with Gasteiger partial charge < -0.3 is 5.32 Å². The maximum atomic E-state index is 12.0. The number of nitrogens with one attached hydrogen (secondary N) is 1. The molecule has 0 aromatic heterocycles. The first-order valence-corrected chi connectivity index (χ1v) is 8.10. The van der Waals surface area contributed by atoms with E-state index in [0.29, 0.717) is 0 Å². The molecule has 0 saturated heterocycles. The van der Waals surface area contributed by atoms with Crippen LogP contribution in [0, 0.1) is 20.2 Å². The summed E-state index contributed by atoms with van der Waals surface area (Å²) in [7, 11) is 0. The van der Waals surface area contributed by atoms with E-state index in [1.54, 1.807) is 0 Å². The molecule has 1 N–H and O–H groups in total. The number of anilines is 1. The van der Waals surface area contributed by atoms with Gasteiger partial charge in [-0.25, -0.2) is 0 Å². The van der Waals surface area contributed by atoms with E-state index in [1.807, 2.05) is 0 Å². The van der Waals surface area contributed by atoms with Gasteiger partial charge in [0.05, 0.1) is 16.3 Å². The highest BCUT2D eigenvalue weighted by molar-refractivity contribution is 6.08. The predicted octanol–water partition coefficient (Wildman–Crippen LogP) is 3.06. The number of nitro benzene ring substituents is 2. The normalized spacial score (nSPS) is 10.1. The molecule has 2 rings (SSSR count). The lowest BCUT2D eigenvalue weighted by Crippen LogP contribution is -2.15. The van der Waals surface area contributed by atoms with Crippen molar-refractivity contribution in [2.24, 2.45) is 0 Å². The molecular formula is C18H15N3O7. The summed E-state index contributed by atoms with van der Waals surface area (Å²) in [6.07, 6.45) is -0.795. The molecule has 1 amide bonds. The van der Waals surface area contributed by atoms with Gasteiger partial charge in [-0.3, -0.25) is 34.6 Å². The van der Waals surface area contributed by atoms with E-state index in [9.17, 15) is 34.6 Å². The third-order valence-electron chi connectivity index (χ3n) is 3.73. The van der Waals surface area contributed by atoms with E-state index >= 15 is 0 Å². The van der Waals surface area contributed by atoms with Crippen molar-refractivity contribution < 1.29 is 24.2 Å². The van der Waals surface area contributed by atoms with Crippen LogP contribution in [0.25, 0.3) is 0 Å². The largest absolute Gasteiger partial charge is 0.326 e. The molecular weight excluding hydrogens is 370 g/mol. The van der Waals surface area contributed by atoms with Gasteiger partial charge in [0.1, 0.15) is 5.78 Å². The van der Waals surface area contributed by atoms with Crippen molar-refractivity contribution in [3.05, 3.63) is 74.3 Å². The lowest BCUT2D eigenvalue weighted by Gasteiger charge is -2.05. The van der Waals surface area contributed by atoms with E-state index in [0.717, 1.165) is 0 Å². The van der Waals surface area contributed by atoms with E-state index in [2.05, 4.69) is 5.32 Å². The van der Waals surface area contributed by atoms with Crippen molar-refractivity contribution in [1.82, 2.24) is 0 Å². The van der Waals surface area contributed by atoms with E-state index in [-0.39, 0.29) is 35.5 Å². The zero-order chi connectivity index (χ0) is 20.7. The molecule has 0 bridgehead atoms. The highest BCUT2D eigenvalue weighted by Gasteiger charge is 2.15. The lowest BCUT2D eigenvalue weighted by molar-refractivity contribution is -0.385. The molecule has 0 atom stereocenters.